The Morgan fingerprint density at radius 1 is 1.13 bits per heavy atom. The highest BCUT2D eigenvalue weighted by Crippen LogP contribution is 2.44. The van der Waals surface area contributed by atoms with Gasteiger partial charge in [0.05, 0.1) is 20.1 Å². The minimum Gasteiger partial charge on any atom is -0.492 e. The van der Waals surface area contributed by atoms with Crippen molar-refractivity contribution in [3.8, 4) is 34.4 Å². The molecule has 194 valence electrons. The highest BCUT2D eigenvalue weighted by molar-refractivity contribution is 5.71. The second-order valence-electron chi connectivity index (χ2n) is 9.32. The SMILES string of the molecule is COC(=O)C[C@@H]1COc2cc(O[C@@H]3CCc4c(Oc5ccc(-c6nnnn6C)cc5)ccc(F)c43)ccc21. The number of tetrazole rings is 1. The lowest BCUT2D eigenvalue weighted by atomic mass is 9.98. The van der Waals surface area contributed by atoms with Crippen molar-refractivity contribution in [2.45, 2.75) is 31.3 Å². The highest BCUT2D eigenvalue weighted by atomic mass is 19.1. The molecule has 0 fully saturated rings. The van der Waals surface area contributed by atoms with Crippen LogP contribution in [-0.4, -0.2) is 39.9 Å². The minimum atomic E-state index is -0.454. The maximum Gasteiger partial charge on any atom is 0.306 e. The number of halogens is 1. The molecule has 0 saturated carbocycles. The Morgan fingerprint density at radius 2 is 1.95 bits per heavy atom. The van der Waals surface area contributed by atoms with Gasteiger partial charge >= 0.3 is 5.97 Å². The number of esters is 1. The maximum absolute atomic E-state index is 15.0. The van der Waals surface area contributed by atoms with Gasteiger partial charge in [0, 0.05) is 41.3 Å². The van der Waals surface area contributed by atoms with Crippen molar-refractivity contribution in [2.24, 2.45) is 7.05 Å². The van der Waals surface area contributed by atoms with Crippen LogP contribution in [0.15, 0.2) is 54.6 Å². The zero-order chi connectivity index (χ0) is 26.2. The first-order valence-electron chi connectivity index (χ1n) is 12.3. The molecule has 10 heteroatoms. The van der Waals surface area contributed by atoms with Gasteiger partial charge in [0.25, 0.3) is 0 Å². The Kier molecular flexibility index (Phi) is 6.15. The summed E-state index contributed by atoms with van der Waals surface area (Å²) in [5.74, 6) is 2.48. The Labute approximate surface area is 218 Å². The van der Waals surface area contributed by atoms with E-state index in [1.54, 1.807) is 23.9 Å². The molecule has 2 aliphatic rings. The highest BCUT2D eigenvalue weighted by Gasteiger charge is 2.32. The van der Waals surface area contributed by atoms with Crippen molar-refractivity contribution in [1.29, 1.82) is 0 Å². The normalized spacial score (nSPS) is 17.4. The zero-order valence-electron chi connectivity index (χ0n) is 20.9. The van der Waals surface area contributed by atoms with Crippen molar-refractivity contribution in [2.75, 3.05) is 13.7 Å². The monoisotopic (exact) mass is 516 g/mol. The van der Waals surface area contributed by atoms with Gasteiger partial charge in [-0.3, -0.25) is 4.79 Å². The Balaban J connectivity index is 1.19. The number of hydrogen-bond donors (Lipinski definition) is 0. The molecular formula is C28H25FN4O5. The van der Waals surface area contributed by atoms with Crippen LogP contribution >= 0.6 is 0 Å². The number of aryl methyl sites for hydroxylation is 1. The summed E-state index contributed by atoms with van der Waals surface area (Å²) < 4.78 is 39.6. The third-order valence-electron chi connectivity index (χ3n) is 6.98. The number of carbonyl (C=O) groups excluding carboxylic acids is 1. The molecule has 9 nitrogen and oxygen atoms in total. The molecule has 0 radical (unpaired) electrons. The van der Waals surface area contributed by atoms with Crippen LogP contribution < -0.4 is 14.2 Å². The number of benzene rings is 3. The van der Waals surface area contributed by atoms with E-state index < -0.39 is 6.10 Å². The molecule has 0 bridgehead atoms. The lowest BCUT2D eigenvalue weighted by molar-refractivity contribution is -0.141. The van der Waals surface area contributed by atoms with Crippen LogP contribution in [0.3, 0.4) is 0 Å². The average Bonchev–Trinajstić information content (AvgIpc) is 3.65. The van der Waals surface area contributed by atoms with Gasteiger partial charge in [0.2, 0.25) is 0 Å². The van der Waals surface area contributed by atoms with Crippen LogP contribution in [0.1, 0.15) is 41.6 Å². The largest absolute Gasteiger partial charge is 0.492 e. The fourth-order valence-corrected chi connectivity index (χ4v) is 5.08. The molecule has 1 aromatic heterocycles. The van der Waals surface area contributed by atoms with Crippen LogP contribution in [0.5, 0.6) is 23.0 Å². The molecule has 4 aromatic rings. The van der Waals surface area contributed by atoms with Gasteiger partial charge in [-0.25, -0.2) is 9.07 Å². The van der Waals surface area contributed by atoms with E-state index >= 15 is 4.39 Å². The number of ether oxygens (including phenoxy) is 4. The van der Waals surface area contributed by atoms with Gasteiger partial charge in [-0.1, -0.05) is 6.07 Å². The molecule has 0 N–H and O–H groups in total. The first-order chi connectivity index (χ1) is 18.5. The molecule has 2 atom stereocenters. The summed E-state index contributed by atoms with van der Waals surface area (Å²) >= 11 is 0. The van der Waals surface area contributed by atoms with Crippen molar-refractivity contribution >= 4 is 5.97 Å². The Hall–Kier alpha value is -4.47. The van der Waals surface area contributed by atoms with E-state index in [4.69, 9.17) is 18.9 Å². The van der Waals surface area contributed by atoms with Gasteiger partial charge in [0.15, 0.2) is 5.82 Å². The van der Waals surface area contributed by atoms with Gasteiger partial charge < -0.3 is 18.9 Å². The predicted molar refractivity (Wildman–Crippen MR) is 134 cm³/mol. The van der Waals surface area contributed by atoms with Crippen LogP contribution in [-0.2, 0) is 23.0 Å². The van der Waals surface area contributed by atoms with E-state index in [0.29, 0.717) is 53.8 Å². The van der Waals surface area contributed by atoms with Gasteiger partial charge in [-0.2, -0.15) is 0 Å². The second kappa shape index (κ2) is 9.77. The topological polar surface area (TPSA) is 97.6 Å². The lowest BCUT2D eigenvalue weighted by Gasteiger charge is -2.17. The molecule has 0 saturated heterocycles. The van der Waals surface area contributed by atoms with Gasteiger partial charge in [0.1, 0.15) is 34.9 Å². The van der Waals surface area contributed by atoms with Crippen molar-refractivity contribution in [3.63, 3.8) is 0 Å². The second-order valence-corrected chi connectivity index (χ2v) is 9.32. The number of hydrogen-bond acceptors (Lipinski definition) is 8. The summed E-state index contributed by atoms with van der Waals surface area (Å²) in [6.07, 6.45) is 1.05. The summed E-state index contributed by atoms with van der Waals surface area (Å²) in [6, 6.07) is 16.0. The van der Waals surface area contributed by atoms with Crippen molar-refractivity contribution < 1.29 is 28.1 Å². The lowest BCUT2D eigenvalue weighted by Crippen LogP contribution is -2.09. The number of nitrogens with zero attached hydrogens (tertiary/aromatic N) is 4. The summed E-state index contributed by atoms with van der Waals surface area (Å²) in [5.41, 5.74) is 3.11. The molecule has 38 heavy (non-hydrogen) atoms. The molecule has 1 aliphatic heterocycles. The van der Waals surface area contributed by atoms with E-state index in [2.05, 4.69) is 15.5 Å². The van der Waals surface area contributed by atoms with Gasteiger partial charge in [-0.05, 0) is 65.7 Å². The minimum absolute atomic E-state index is 0.0537. The Morgan fingerprint density at radius 3 is 2.71 bits per heavy atom. The van der Waals surface area contributed by atoms with E-state index in [9.17, 15) is 4.79 Å². The first-order valence-corrected chi connectivity index (χ1v) is 12.3. The molecular weight excluding hydrogens is 491 g/mol. The fraction of sp³-hybridized carbons (Fsp3) is 0.286. The standard InChI is InChI=1S/C28H25FN4O5/c1-33-28(30-31-32-33)16-3-5-18(6-4-16)37-23-12-10-22(29)27-21(23)9-11-24(27)38-19-7-8-20-17(13-26(34)35-2)15-36-25(20)14-19/h3-8,10,12,14,17,24H,9,11,13,15H2,1-2H3/t17-,24-/m1/s1. The number of fused-ring (bicyclic) bond motifs is 2. The number of aromatic nitrogens is 4. The van der Waals surface area contributed by atoms with Crippen molar-refractivity contribution in [3.05, 3.63) is 77.1 Å². The molecule has 0 amide bonds. The third kappa shape index (κ3) is 4.42. The fourth-order valence-electron chi connectivity index (χ4n) is 5.08. The zero-order valence-corrected chi connectivity index (χ0v) is 20.9. The van der Waals surface area contributed by atoms with Crippen LogP contribution in [0.4, 0.5) is 4.39 Å². The molecule has 0 spiro atoms. The molecule has 3 aromatic carbocycles. The molecule has 0 unspecified atom stereocenters. The Bertz CT molecular complexity index is 1500. The summed E-state index contributed by atoms with van der Waals surface area (Å²) in [6.45, 7) is 0.409. The summed E-state index contributed by atoms with van der Waals surface area (Å²) in [5, 5.41) is 11.5. The van der Waals surface area contributed by atoms with Crippen LogP contribution in [0, 0.1) is 5.82 Å². The van der Waals surface area contributed by atoms with Crippen LogP contribution in [0.2, 0.25) is 0 Å². The first kappa shape index (κ1) is 23.9. The smallest absolute Gasteiger partial charge is 0.306 e. The quantitative estimate of drug-likeness (QED) is 0.320. The maximum atomic E-state index is 15.0. The van der Waals surface area contributed by atoms with Crippen LogP contribution in [0.25, 0.3) is 11.4 Å². The number of methoxy groups -OCH3 is 1. The van der Waals surface area contributed by atoms with E-state index in [0.717, 1.165) is 16.7 Å². The summed E-state index contributed by atoms with van der Waals surface area (Å²) in [4.78, 5) is 11.7. The molecule has 2 heterocycles. The third-order valence-corrected chi connectivity index (χ3v) is 6.98. The van der Waals surface area contributed by atoms with Crippen molar-refractivity contribution in [1.82, 2.24) is 20.2 Å². The number of rotatable bonds is 7. The summed E-state index contributed by atoms with van der Waals surface area (Å²) in [7, 11) is 3.15. The van der Waals surface area contributed by atoms with E-state index in [1.165, 1.54) is 13.2 Å². The number of carbonyl (C=O) groups is 1. The molecule has 1 aliphatic carbocycles. The average molecular weight is 517 g/mol. The molecule has 6 rings (SSSR count). The van der Waals surface area contributed by atoms with E-state index in [1.807, 2.05) is 36.4 Å². The van der Waals surface area contributed by atoms with E-state index in [-0.39, 0.29) is 24.1 Å². The predicted octanol–water partition coefficient (Wildman–Crippen LogP) is 4.91. The van der Waals surface area contributed by atoms with Gasteiger partial charge in [-0.15, -0.1) is 5.10 Å².